The van der Waals surface area contributed by atoms with Gasteiger partial charge in [-0.2, -0.15) is 0 Å². The van der Waals surface area contributed by atoms with Crippen molar-refractivity contribution in [3.8, 4) is 0 Å². The van der Waals surface area contributed by atoms with Crippen molar-refractivity contribution < 1.29 is 14.6 Å². The quantitative estimate of drug-likeness (QED) is 0.546. The lowest BCUT2D eigenvalue weighted by atomic mass is 9.77. The summed E-state index contributed by atoms with van der Waals surface area (Å²) in [5, 5.41) is 8.73. The first-order valence-electron chi connectivity index (χ1n) is 6.18. The van der Waals surface area contributed by atoms with Crippen molar-refractivity contribution in [2.24, 2.45) is 11.3 Å². The summed E-state index contributed by atoms with van der Waals surface area (Å²) in [6, 6.07) is 0. The number of ether oxygens (including phenoxy) is 1. The molecule has 0 amide bonds. The zero-order chi connectivity index (χ0) is 12.8. The molecule has 1 N–H and O–H groups in total. The smallest absolute Gasteiger partial charge is 0.450 e. The standard InChI is InChI=1S/C13H26O3/c1-6-7-8-9-11(16-12(14)15)10(2)13(3,4)5/h10-11H,6-9H2,1-5H3,(H,14,15). The first-order valence-corrected chi connectivity index (χ1v) is 6.18. The van der Waals surface area contributed by atoms with E-state index in [9.17, 15) is 4.79 Å². The fourth-order valence-electron chi connectivity index (χ4n) is 1.69. The van der Waals surface area contributed by atoms with Crippen LogP contribution in [0.4, 0.5) is 4.79 Å². The van der Waals surface area contributed by atoms with Crippen LogP contribution in [0.1, 0.15) is 60.3 Å². The molecule has 96 valence electrons. The van der Waals surface area contributed by atoms with E-state index in [4.69, 9.17) is 9.84 Å². The Bertz CT molecular complexity index is 206. The molecule has 0 aromatic heterocycles. The molecule has 0 heterocycles. The normalized spacial score (nSPS) is 15.6. The summed E-state index contributed by atoms with van der Waals surface area (Å²) in [7, 11) is 0. The average Bonchev–Trinajstić information content (AvgIpc) is 2.13. The highest BCUT2D eigenvalue weighted by Crippen LogP contribution is 2.32. The molecular formula is C13H26O3. The summed E-state index contributed by atoms with van der Waals surface area (Å²) < 4.78 is 5.00. The van der Waals surface area contributed by atoms with Gasteiger partial charge >= 0.3 is 6.16 Å². The van der Waals surface area contributed by atoms with E-state index in [1.807, 2.05) is 0 Å². The zero-order valence-electron chi connectivity index (χ0n) is 11.2. The van der Waals surface area contributed by atoms with Gasteiger partial charge in [0.05, 0.1) is 0 Å². The second kappa shape index (κ2) is 6.77. The van der Waals surface area contributed by atoms with Gasteiger partial charge in [-0.05, 0) is 24.2 Å². The Hall–Kier alpha value is -0.730. The Morgan fingerprint density at radius 1 is 1.31 bits per heavy atom. The summed E-state index contributed by atoms with van der Waals surface area (Å²) >= 11 is 0. The van der Waals surface area contributed by atoms with Crippen LogP contribution in [0.15, 0.2) is 0 Å². The molecule has 3 nitrogen and oxygen atoms in total. The minimum absolute atomic E-state index is 0.0757. The molecule has 0 fully saturated rings. The van der Waals surface area contributed by atoms with Gasteiger partial charge in [-0.15, -0.1) is 0 Å². The highest BCUT2D eigenvalue weighted by Gasteiger charge is 2.30. The van der Waals surface area contributed by atoms with Crippen molar-refractivity contribution in [3.05, 3.63) is 0 Å². The van der Waals surface area contributed by atoms with Crippen LogP contribution in [0.25, 0.3) is 0 Å². The van der Waals surface area contributed by atoms with Crippen LogP contribution in [-0.4, -0.2) is 17.4 Å². The molecule has 2 atom stereocenters. The summed E-state index contributed by atoms with van der Waals surface area (Å²) in [4.78, 5) is 10.7. The first kappa shape index (κ1) is 15.3. The van der Waals surface area contributed by atoms with E-state index < -0.39 is 6.16 Å². The minimum atomic E-state index is -1.16. The van der Waals surface area contributed by atoms with Gasteiger partial charge in [0.15, 0.2) is 0 Å². The molecule has 0 aromatic rings. The van der Waals surface area contributed by atoms with Crippen molar-refractivity contribution in [2.45, 2.75) is 66.4 Å². The molecule has 0 aliphatic heterocycles. The van der Waals surface area contributed by atoms with Gasteiger partial charge in [0, 0.05) is 0 Å². The molecule has 0 bridgehead atoms. The fraction of sp³-hybridized carbons (Fsp3) is 0.923. The van der Waals surface area contributed by atoms with Crippen molar-refractivity contribution in [1.29, 1.82) is 0 Å². The Balaban J connectivity index is 4.35. The maximum absolute atomic E-state index is 10.7. The lowest BCUT2D eigenvalue weighted by Crippen LogP contribution is -2.33. The molecule has 0 saturated carbocycles. The van der Waals surface area contributed by atoms with Crippen LogP contribution in [0.3, 0.4) is 0 Å². The lowest BCUT2D eigenvalue weighted by molar-refractivity contribution is -0.00455. The highest BCUT2D eigenvalue weighted by atomic mass is 16.7. The summed E-state index contributed by atoms with van der Waals surface area (Å²) in [6.45, 7) is 10.6. The highest BCUT2D eigenvalue weighted by molar-refractivity contribution is 5.57. The topological polar surface area (TPSA) is 46.5 Å². The van der Waals surface area contributed by atoms with E-state index in [0.717, 1.165) is 25.7 Å². The van der Waals surface area contributed by atoms with Gasteiger partial charge in [-0.1, -0.05) is 47.5 Å². The van der Waals surface area contributed by atoms with E-state index in [1.54, 1.807) is 0 Å². The molecule has 0 aliphatic rings. The van der Waals surface area contributed by atoms with Crippen LogP contribution in [0, 0.1) is 11.3 Å². The number of unbranched alkanes of at least 4 members (excludes halogenated alkanes) is 2. The van der Waals surface area contributed by atoms with Crippen molar-refractivity contribution in [1.82, 2.24) is 0 Å². The third-order valence-electron chi connectivity index (χ3n) is 3.27. The van der Waals surface area contributed by atoms with Crippen molar-refractivity contribution in [2.75, 3.05) is 0 Å². The number of carbonyl (C=O) groups is 1. The third-order valence-corrected chi connectivity index (χ3v) is 3.27. The van der Waals surface area contributed by atoms with E-state index in [1.165, 1.54) is 0 Å². The second-order valence-electron chi connectivity index (χ2n) is 5.57. The monoisotopic (exact) mass is 230 g/mol. The molecule has 0 radical (unpaired) electrons. The molecule has 0 aliphatic carbocycles. The van der Waals surface area contributed by atoms with Gasteiger partial charge in [0.25, 0.3) is 0 Å². The Kier molecular flexibility index (Phi) is 6.46. The minimum Gasteiger partial charge on any atom is -0.450 e. The van der Waals surface area contributed by atoms with E-state index in [2.05, 4.69) is 34.6 Å². The van der Waals surface area contributed by atoms with Crippen LogP contribution >= 0.6 is 0 Å². The summed E-state index contributed by atoms with van der Waals surface area (Å²) in [5.74, 6) is 0.237. The fourth-order valence-corrected chi connectivity index (χ4v) is 1.69. The number of hydrogen-bond acceptors (Lipinski definition) is 2. The number of carboxylic acid groups (broad SMARTS) is 1. The number of rotatable bonds is 6. The molecular weight excluding hydrogens is 204 g/mol. The van der Waals surface area contributed by atoms with Gasteiger partial charge in [0.1, 0.15) is 6.10 Å². The van der Waals surface area contributed by atoms with Crippen LogP contribution in [0.2, 0.25) is 0 Å². The lowest BCUT2D eigenvalue weighted by Gasteiger charge is -2.33. The van der Waals surface area contributed by atoms with Gasteiger partial charge in [-0.25, -0.2) is 4.79 Å². The van der Waals surface area contributed by atoms with Crippen LogP contribution in [-0.2, 0) is 4.74 Å². The first-order chi connectivity index (χ1) is 7.29. The molecule has 16 heavy (non-hydrogen) atoms. The van der Waals surface area contributed by atoms with Gasteiger partial charge < -0.3 is 9.84 Å². The van der Waals surface area contributed by atoms with E-state index >= 15 is 0 Å². The third kappa shape index (κ3) is 5.99. The average molecular weight is 230 g/mol. The van der Waals surface area contributed by atoms with Crippen LogP contribution < -0.4 is 0 Å². The van der Waals surface area contributed by atoms with Crippen molar-refractivity contribution in [3.63, 3.8) is 0 Å². The predicted molar refractivity (Wildman–Crippen MR) is 65.7 cm³/mol. The Morgan fingerprint density at radius 3 is 2.25 bits per heavy atom. The molecule has 0 aromatic carbocycles. The maximum Gasteiger partial charge on any atom is 0.506 e. The Morgan fingerprint density at radius 2 is 1.88 bits per heavy atom. The second-order valence-corrected chi connectivity index (χ2v) is 5.57. The molecule has 3 heteroatoms. The largest absolute Gasteiger partial charge is 0.506 e. The summed E-state index contributed by atoms with van der Waals surface area (Å²) in [5.41, 5.74) is 0.0757. The maximum atomic E-state index is 10.7. The van der Waals surface area contributed by atoms with Gasteiger partial charge in [-0.3, -0.25) is 0 Å². The van der Waals surface area contributed by atoms with E-state index in [-0.39, 0.29) is 17.4 Å². The van der Waals surface area contributed by atoms with Crippen molar-refractivity contribution >= 4 is 6.16 Å². The molecule has 2 unspecified atom stereocenters. The predicted octanol–water partition coefficient (Wildman–Crippen LogP) is 4.31. The van der Waals surface area contributed by atoms with Crippen LogP contribution in [0.5, 0.6) is 0 Å². The Labute approximate surface area is 99.2 Å². The van der Waals surface area contributed by atoms with Gasteiger partial charge in [0.2, 0.25) is 0 Å². The zero-order valence-corrected chi connectivity index (χ0v) is 11.2. The summed E-state index contributed by atoms with van der Waals surface area (Å²) in [6.07, 6.45) is 2.81. The molecule has 0 saturated heterocycles. The molecule has 0 spiro atoms. The van der Waals surface area contributed by atoms with E-state index in [0.29, 0.717) is 0 Å². The molecule has 0 rings (SSSR count). The SMILES string of the molecule is CCCCCC(OC(=O)O)C(C)C(C)(C)C. The number of hydrogen-bond donors (Lipinski definition) is 1.